The molecule has 2 aliphatic rings. The Labute approximate surface area is 197 Å². The lowest BCUT2D eigenvalue weighted by molar-refractivity contribution is -0.137. The topological polar surface area (TPSA) is 70.6 Å². The molecule has 1 saturated carbocycles. The van der Waals surface area contributed by atoms with E-state index in [9.17, 15) is 18.0 Å². The standard InChI is InChI=1S/C24H32F3N5O2/c1-14(2)31(3)16-6-8-20(21(12-16)34-4)32-10-9-19(23(32)33)30-22-17-11-15(24(25,26)27)5-7-18(17)28-13-29-22/h5,7,11,13-14,16,19-21H,6,8-10,12H2,1-4H3,(H,28,29,30)/t16-,19+,20?,21-/m1/s1. The molecule has 1 N–H and O–H groups in total. The molecule has 1 saturated heterocycles. The van der Waals surface area contributed by atoms with Crippen LogP contribution in [-0.2, 0) is 15.7 Å². The van der Waals surface area contributed by atoms with Crippen LogP contribution in [0.2, 0.25) is 0 Å². The summed E-state index contributed by atoms with van der Waals surface area (Å²) in [5.41, 5.74) is -0.386. The Hall–Kier alpha value is -2.46. The highest BCUT2D eigenvalue weighted by Crippen LogP contribution is 2.34. The van der Waals surface area contributed by atoms with Gasteiger partial charge in [-0.15, -0.1) is 0 Å². The summed E-state index contributed by atoms with van der Waals surface area (Å²) in [6, 6.07) is 3.62. The van der Waals surface area contributed by atoms with E-state index in [0.29, 0.717) is 30.6 Å². The number of halogens is 3. The zero-order valence-corrected chi connectivity index (χ0v) is 20.0. The van der Waals surface area contributed by atoms with Crippen LogP contribution in [-0.4, -0.2) is 76.6 Å². The molecule has 2 fully saturated rings. The second kappa shape index (κ2) is 9.65. The number of alkyl halides is 3. The van der Waals surface area contributed by atoms with Crippen LogP contribution in [0.4, 0.5) is 19.0 Å². The molecule has 1 aliphatic carbocycles. The molecular formula is C24H32F3N5O2. The van der Waals surface area contributed by atoms with Gasteiger partial charge in [0.15, 0.2) is 0 Å². The van der Waals surface area contributed by atoms with Gasteiger partial charge in [-0.3, -0.25) is 4.79 Å². The van der Waals surface area contributed by atoms with Crippen molar-refractivity contribution in [3.8, 4) is 0 Å². The molecule has 186 valence electrons. The molecule has 0 bridgehead atoms. The number of nitrogens with one attached hydrogen (secondary N) is 1. The summed E-state index contributed by atoms with van der Waals surface area (Å²) in [6.45, 7) is 4.91. The van der Waals surface area contributed by atoms with E-state index in [2.05, 4.69) is 41.1 Å². The van der Waals surface area contributed by atoms with Gasteiger partial charge in [0.05, 0.1) is 23.2 Å². The molecule has 1 amide bonds. The third-order valence-corrected chi connectivity index (χ3v) is 7.34. The lowest BCUT2D eigenvalue weighted by Crippen LogP contribution is -2.53. The van der Waals surface area contributed by atoms with Gasteiger partial charge < -0.3 is 19.9 Å². The van der Waals surface area contributed by atoms with Gasteiger partial charge in [0, 0.05) is 31.1 Å². The van der Waals surface area contributed by atoms with Crippen molar-refractivity contribution in [2.24, 2.45) is 0 Å². The van der Waals surface area contributed by atoms with Crippen molar-refractivity contribution in [1.82, 2.24) is 19.8 Å². The Morgan fingerprint density at radius 3 is 2.65 bits per heavy atom. The average Bonchev–Trinajstić information content (AvgIpc) is 3.17. The first-order chi connectivity index (χ1) is 16.1. The molecule has 2 aromatic rings. The first kappa shape index (κ1) is 24.7. The van der Waals surface area contributed by atoms with Crippen LogP contribution in [0.15, 0.2) is 24.5 Å². The highest BCUT2D eigenvalue weighted by Gasteiger charge is 2.43. The molecular weight excluding hydrogens is 447 g/mol. The van der Waals surface area contributed by atoms with E-state index in [4.69, 9.17) is 4.74 Å². The predicted molar refractivity (Wildman–Crippen MR) is 123 cm³/mol. The summed E-state index contributed by atoms with van der Waals surface area (Å²) in [5.74, 6) is 0.170. The molecule has 0 spiro atoms. The van der Waals surface area contributed by atoms with E-state index in [1.54, 1.807) is 7.11 Å². The molecule has 1 aromatic heterocycles. The summed E-state index contributed by atoms with van der Waals surface area (Å²) in [5, 5.41) is 3.34. The smallest absolute Gasteiger partial charge is 0.379 e. The van der Waals surface area contributed by atoms with Gasteiger partial charge in [0.2, 0.25) is 5.91 Å². The Morgan fingerprint density at radius 1 is 1.21 bits per heavy atom. The minimum Gasteiger partial charge on any atom is -0.379 e. The third-order valence-electron chi connectivity index (χ3n) is 7.34. The lowest BCUT2D eigenvalue weighted by Gasteiger charge is -2.43. The van der Waals surface area contributed by atoms with Gasteiger partial charge in [0.1, 0.15) is 18.2 Å². The number of hydrogen-bond donors (Lipinski definition) is 1. The molecule has 4 rings (SSSR count). The van der Waals surface area contributed by atoms with Crippen molar-refractivity contribution in [2.75, 3.05) is 26.0 Å². The largest absolute Gasteiger partial charge is 0.416 e. The fraction of sp³-hybridized carbons (Fsp3) is 0.625. The molecule has 34 heavy (non-hydrogen) atoms. The molecule has 1 unspecified atom stereocenters. The van der Waals surface area contributed by atoms with E-state index in [1.807, 2.05) is 4.90 Å². The van der Waals surface area contributed by atoms with E-state index < -0.39 is 17.8 Å². The summed E-state index contributed by atoms with van der Waals surface area (Å²) >= 11 is 0. The summed E-state index contributed by atoms with van der Waals surface area (Å²) in [4.78, 5) is 25.8. The molecule has 2 heterocycles. The minimum atomic E-state index is -4.47. The van der Waals surface area contributed by atoms with Crippen LogP contribution in [0, 0.1) is 0 Å². The number of aromatic nitrogens is 2. The van der Waals surface area contributed by atoms with Crippen LogP contribution in [0.3, 0.4) is 0 Å². The predicted octanol–water partition coefficient (Wildman–Crippen LogP) is 3.94. The van der Waals surface area contributed by atoms with E-state index in [-0.39, 0.29) is 29.3 Å². The van der Waals surface area contributed by atoms with Gasteiger partial charge >= 0.3 is 6.18 Å². The number of methoxy groups -OCH3 is 1. The van der Waals surface area contributed by atoms with Crippen molar-refractivity contribution in [3.05, 3.63) is 30.1 Å². The minimum absolute atomic E-state index is 0.0138. The Balaban J connectivity index is 1.49. The van der Waals surface area contributed by atoms with Crippen molar-refractivity contribution in [1.29, 1.82) is 0 Å². The maximum absolute atomic E-state index is 13.3. The zero-order valence-electron chi connectivity index (χ0n) is 20.0. The van der Waals surface area contributed by atoms with E-state index >= 15 is 0 Å². The Bertz CT molecular complexity index is 1030. The summed E-state index contributed by atoms with van der Waals surface area (Å²) in [6.07, 6.45) is 0.000543. The first-order valence-corrected chi connectivity index (χ1v) is 11.7. The normalized spacial score (nSPS) is 26.1. The number of benzene rings is 1. The van der Waals surface area contributed by atoms with Crippen molar-refractivity contribution in [3.63, 3.8) is 0 Å². The van der Waals surface area contributed by atoms with Gasteiger partial charge in [-0.25, -0.2) is 9.97 Å². The van der Waals surface area contributed by atoms with Gasteiger partial charge in [-0.2, -0.15) is 13.2 Å². The van der Waals surface area contributed by atoms with Gasteiger partial charge in [0.25, 0.3) is 0 Å². The summed E-state index contributed by atoms with van der Waals surface area (Å²) < 4.78 is 45.5. The number of amides is 1. The first-order valence-electron chi connectivity index (χ1n) is 11.7. The maximum Gasteiger partial charge on any atom is 0.416 e. The third kappa shape index (κ3) is 4.84. The highest BCUT2D eigenvalue weighted by molar-refractivity contribution is 5.93. The fourth-order valence-corrected chi connectivity index (χ4v) is 5.17. The number of carbonyl (C=O) groups excluding carboxylic acids is 1. The Kier molecular flexibility index (Phi) is 7.00. The monoisotopic (exact) mass is 479 g/mol. The average molecular weight is 480 g/mol. The zero-order chi connectivity index (χ0) is 24.6. The molecule has 7 nitrogen and oxygen atoms in total. The number of anilines is 1. The molecule has 1 aliphatic heterocycles. The second-order valence-electron chi connectivity index (χ2n) is 9.54. The number of nitrogens with zero attached hydrogens (tertiary/aromatic N) is 4. The number of ether oxygens (including phenoxy) is 1. The number of likely N-dealkylation sites (tertiary alicyclic amines) is 1. The quantitative estimate of drug-likeness (QED) is 0.677. The molecule has 10 heteroatoms. The van der Waals surface area contributed by atoms with Gasteiger partial charge in [-0.05, 0) is 64.8 Å². The van der Waals surface area contributed by atoms with Crippen LogP contribution in [0.1, 0.15) is 45.1 Å². The number of hydrogen-bond acceptors (Lipinski definition) is 6. The SMILES string of the molecule is CO[C@@H]1C[C@H](N(C)C(C)C)CCC1N1CC[C@H](Nc2ncnc3ccc(C(F)(F)F)cc23)C1=O. The van der Waals surface area contributed by atoms with Crippen LogP contribution in [0.5, 0.6) is 0 Å². The van der Waals surface area contributed by atoms with Gasteiger partial charge in [-0.1, -0.05) is 0 Å². The van der Waals surface area contributed by atoms with Crippen molar-refractivity contribution >= 4 is 22.6 Å². The summed E-state index contributed by atoms with van der Waals surface area (Å²) in [7, 11) is 3.82. The van der Waals surface area contributed by atoms with Crippen LogP contribution >= 0.6 is 0 Å². The van der Waals surface area contributed by atoms with Crippen molar-refractivity contribution in [2.45, 2.75) is 76.0 Å². The van der Waals surface area contributed by atoms with Crippen LogP contribution in [0.25, 0.3) is 10.9 Å². The molecule has 4 atom stereocenters. The number of carbonyl (C=O) groups is 1. The van der Waals surface area contributed by atoms with Crippen LogP contribution < -0.4 is 5.32 Å². The Morgan fingerprint density at radius 2 is 1.97 bits per heavy atom. The molecule has 0 radical (unpaired) electrons. The lowest BCUT2D eigenvalue weighted by atomic mass is 9.86. The van der Waals surface area contributed by atoms with Crippen molar-refractivity contribution < 1.29 is 22.7 Å². The molecule has 1 aromatic carbocycles. The maximum atomic E-state index is 13.3. The van der Waals surface area contributed by atoms with E-state index in [1.165, 1.54) is 12.4 Å². The number of fused-ring (bicyclic) bond motifs is 1. The highest BCUT2D eigenvalue weighted by atomic mass is 19.4. The number of rotatable bonds is 6. The second-order valence-corrected chi connectivity index (χ2v) is 9.54. The van der Waals surface area contributed by atoms with E-state index in [0.717, 1.165) is 31.4 Å². The fourth-order valence-electron chi connectivity index (χ4n) is 5.17.